The Kier molecular flexibility index (Phi) is 15.9. The van der Waals surface area contributed by atoms with E-state index in [1.54, 1.807) is 39.8 Å². The van der Waals surface area contributed by atoms with E-state index in [0.29, 0.717) is 26.2 Å². The number of esters is 1. The average Bonchev–Trinajstić information content (AvgIpc) is 3.58. The zero-order valence-electron chi connectivity index (χ0n) is 39.8. The molecule has 3 aromatic carbocycles. The Labute approximate surface area is 395 Å². The van der Waals surface area contributed by atoms with Crippen LogP contribution in [-0.2, 0) is 28.6 Å². The molecule has 4 heterocycles. The number of hydrogen-bond acceptors (Lipinski definition) is 16. The number of aromatic hydroxyl groups is 3. The number of hydrazone groups is 1. The van der Waals surface area contributed by atoms with Crippen LogP contribution in [0.4, 0.5) is 11.4 Å². The van der Waals surface area contributed by atoms with Gasteiger partial charge in [-0.2, -0.15) is 5.10 Å². The number of nitrogens with zero attached hydrogens (tertiary/aromatic N) is 3. The predicted molar refractivity (Wildman–Crippen MR) is 255 cm³/mol. The molecule has 68 heavy (non-hydrogen) atoms. The summed E-state index contributed by atoms with van der Waals surface area (Å²) in [4.78, 5) is 58.2. The van der Waals surface area contributed by atoms with Gasteiger partial charge in [0, 0.05) is 93.0 Å². The number of phenolic OH excluding ortho intramolecular Hbond substituents is 3. The molecule has 4 aliphatic rings. The number of allylic oxidation sites excluding steroid dienone is 2. The Morgan fingerprint density at radius 3 is 2.25 bits per heavy atom. The van der Waals surface area contributed by atoms with E-state index in [4.69, 9.17) is 18.9 Å². The second kappa shape index (κ2) is 21.2. The van der Waals surface area contributed by atoms with E-state index in [1.807, 2.05) is 35.2 Å². The van der Waals surface area contributed by atoms with Gasteiger partial charge in [-0.15, -0.1) is 0 Å². The molecule has 18 heteroatoms. The number of hydrogen-bond donors (Lipinski definition) is 7. The molecule has 7 rings (SSSR count). The number of fused-ring (bicyclic) bond motifs is 14. The van der Waals surface area contributed by atoms with Crippen molar-refractivity contribution in [1.82, 2.24) is 10.3 Å². The van der Waals surface area contributed by atoms with Crippen molar-refractivity contribution in [3.63, 3.8) is 0 Å². The van der Waals surface area contributed by atoms with Crippen molar-refractivity contribution in [2.75, 3.05) is 50.1 Å². The summed E-state index contributed by atoms with van der Waals surface area (Å²) in [6, 6.07) is 9.94. The highest BCUT2D eigenvalue weighted by atomic mass is 16.7. The number of nitrogens with one attached hydrogen (secondary N) is 2. The molecule has 4 aliphatic heterocycles. The maximum absolute atomic E-state index is 14.5. The van der Waals surface area contributed by atoms with Crippen molar-refractivity contribution in [3.05, 3.63) is 83.2 Å². The number of carbonyl (C=O) groups is 4. The first-order valence-electron chi connectivity index (χ1n) is 22.6. The minimum atomic E-state index is -2.11. The SMILES string of the molecule is CO[C@H]1/C=C/O[C@@]2(C)Oc3c(C)c(O)c4c(O)c(c(/C=N\NC(=O)CN5CCN(c6ccccc6)CC5)c(O)c4c3C2=O)NC(=O)/C(C)=C\C=C\[C@@H](C)[C@H](O)[C@@H](C)[C@@H](O)[C@@H](C)[C@H](OC(C)=O)[C@@H]1C. The van der Waals surface area contributed by atoms with Gasteiger partial charge in [0.2, 0.25) is 0 Å². The summed E-state index contributed by atoms with van der Waals surface area (Å²) in [5.41, 5.74) is 2.64. The minimum absolute atomic E-state index is 0.000145. The van der Waals surface area contributed by atoms with Gasteiger partial charge < -0.3 is 54.7 Å². The van der Waals surface area contributed by atoms with Crippen molar-refractivity contribution in [3.8, 4) is 23.0 Å². The number of ketones is 1. The van der Waals surface area contributed by atoms with Crippen LogP contribution in [-0.4, -0.2) is 130 Å². The third kappa shape index (κ3) is 10.5. The third-order valence-electron chi connectivity index (χ3n) is 13.3. The first-order valence-corrected chi connectivity index (χ1v) is 22.6. The molecular formula is C50H63N5O13. The fourth-order valence-corrected chi connectivity index (χ4v) is 9.08. The van der Waals surface area contributed by atoms with Crippen LogP contribution in [0.3, 0.4) is 0 Å². The number of carbonyl (C=O) groups excluding carboxylic acids is 4. The lowest BCUT2D eigenvalue weighted by molar-refractivity contribution is -0.160. The van der Waals surface area contributed by atoms with E-state index in [1.165, 1.54) is 53.2 Å². The molecule has 0 unspecified atom stereocenters. The normalized spacial score (nSPS) is 29.2. The molecule has 5 bridgehead atoms. The summed E-state index contributed by atoms with van der Waals surface area (Å²) in [5, 5.41) is 64.7. The average molecular weight is 942 g/mol. The number of methoxy groups -OCH3 is 1. The molecule has 2 amide bonds. The Balaban J connectivity index is 1.41. The molecule has 0 spiro atoms. The van der Waals surface area contributed by atoms with Crippen LogP contribution in [0, 0.1) is 30.6 Å². The highest BCUT2D eigenvalue weighted by Crippen LogP contribution is 2.55. The van der Waals surface area contributed by atoms with Gasteiger partial charge >= 0.3 is 11.8 Å². The number of phenols is 3. The fraction of sp³-hybridized carbons (Fsp3) is 0.460. The number of Topliss-reactive ketones (excluding diaryl/α,β-unsaturated/α-hetero) is 1. The molecule has 0 radical (unpaired) electrons. The number of piperazine rings is 1. The van der Waals surface area contributed by atoms with E-state index in [0.717, 1.165) is 11.9 Å². The van der Waals surface area contributed by atoms with Crippen molar-refractivity contribution >= 4 is 51.9 Å². The lowest BCUT2D eigenvalue weighted by Gasteiger charge is -2.38. The smallest absolute Gasteiger partial charge is 0.312 e. The largest absolute Gasteiger partial charge is 0.507 e. The minimum Gasteiger partial charge on any atom is -0.507 e. The molecule has 9 atom stereocenters. The lowest BCUT2D eigenvalue weighted by atomic mass is 9.78. The fourth-order valence-electron chi connectivity index (χ4n) is 9.08. The number of ether oxygens (including phenoxy) is 4. The van der Waals surface area contributed by atoms with E-state index in [-0.39, 0.29) is 39.9 Å². The Morgan fingerprint density at radius 1 is 0.926 bits per heavy atom. The number of para-hydroxylation sites is 1. The Morgan fingerprint density at radius 2 is 1.60 bits per heavy atom. The van der Waals surface area contributed by atoms with Crippen molar-refractivity contribution in [1.29, 1.82) is 0 Å². The monoisotopic (exact) mass is 941 g/mol. The second-order valence-corrected chi connectivity index (χ2v) is 18.0. The summed E-state index contributed by atoms with van der Waals surface area (Å²) < 4.78 is 23.6. The van der Waals surface area contributed by atoms with Crippen molar-refractivity contribution < 1.29 is 63.7 Å². The lowest BCUT2D eigenvalue weighted by Crippen LogP contribution is -2.49. The van der Waals surface area contributed by atoms with Crippen molar-refractivity contribution in [2.24, 2.45) is 28.8 Å². The van der Waals surface area contributed by atoms with Gasteiger partial charge in [-0.1, -0.05) is 64.1 Å². The van der Waals surface area contributed by atoms with Gasteiger partial charge in [-0.25, -0.2) is 5.43 Å². The highest BCUT2D eigenvalue weighted by Gasteiger charge is 2.50. The van der Waals surface area contributed by atoms with Crippen LogP contribution in [0.2, 0.25) is 0 Å². The van der Waals surface area contributed by atoms with E-state index < -0.39 is 106 Å². The van der Waals surface area contributed by atoms with Gasteiger partial charge in [0.25, 0.3) is 17.6 Å². The molecule has 366 valence electrons. The summed E-state index contributed by atoms with van der Waals surface area (Å²) in [6.07, 6.45) is 4.27. The third-order valence-corrected chi connectivity index (χ3v) is 13.3. The number of aliphatic hydroxyl groups excluding tert-OH is 2. The first kappa shape index (κ1) is 50.9. The quantitative estimate of drug-likeness (QED) is 0.0540. The van der Waals surface area contributed by atoms with Gasteiger partial charge in [0.1, 0.15) is 23.4 Å². The molecule has 1 saturated heterocycles. The van der Waals surface area contributed by atoms with Crippen molar-refractivity contribution in [2.45, 2.75) is 85.6 Å². The maximum atomic E-state index is 14.5. The summed E-state index contributed by atoms with van der Waals surface area (Å²) in [6.45, 7) is 14.9. The van der Waals surface area contributed by atoms with Crippen LogP contribution in [0.15, 0.2) is 71.6 Å². The molecule has 1 fully saturated rings. The second-order valence-electron chi connectivity index (χ2n) is 18.0. The molecule has 0 aliphatic carbocycles. The van der Waals surface area contributed by atoms with Crippen LogP contribution < -0.4 is 20.4 Å². The maximum Gasteiger partial charge on any atom is 0.312 e. The number of amides is 2. The number of anilines is 2. The summed E-state index contributed by atoms with van der Waals surface area (Å²) >= 11 is 0. The van der Waals surface area contributed by atoms with Gasteiger partial charge in [-0.3, -0.25) is 24.1 Å². The van der Waals surface area contributed by atoms with E-state index >= 15 is 0 Å². The highest BCUT2D eigenvalue weighted by molar-refractivity contribution is 6.24. The Bertz CT molecular complexity index is 2520. The summed E-state index contributed by atoms with van der Waals surface area (Å²) in [7, 11) is 1.42. The number of benzene rings is 3. The molecule has 18 nitrogen and oxygen atoms in total. The molecule has 0 aromatic heterocycles. The van der Waals surface area contributed by atoms with Crippen LogP contribution >= 0.6 is 0 Å². The molecular weight excluding hydrogens is 879 g/mol. The number of aliphatic hydroxyl groups is 2. The van der Waals surface area contributed by atoms with Crippen LogP contribution in [0.5, 0.6) is 23.0 Å². The van der Waals surface area contributed by atoms with Gasteiger partial charge in [0.05, 0.1) is 59.5 Å². The molecule has 3 aromatic rings. The van der Waals surface area contributed by atoms with Gasteiger partial charge in [0.15, 0.2) is 5.75 Å². The zero-order valence-corrected chi connectivity index (χ0v) is 39.8. The van der Waals surface area contributed by atoms with E-state index in [9.17, 15) is 44.7 Å². The summed E-state index contributed by atoms with van der Waals surface area (Å²) in [5.74, 6) is -9.58. The molecule has 0 saturated carbocycles. The zero-order chi connectivity index (χ0) is 49.8. The molecule has 7 N–H and O–H groups in total. The van der Waals surface area contributed by atoms with Gasteiger partial charge in [-0.05, 0) is 32.1 Å². The number of rotatable bonds is 7. The van der Waals surface area contributed by atoms with Crippen LogP contribution in [0.25, 0.3) is 10.8 Å². The Hall–Kier alpha value is -6.47. The topological polar surface area (TPSA) is 249 Å². The van der Waals surface area contributed by atoms with E-state index in [2.05, 4.69) is 20.7 Å². The van der Waals surface area contributed by atoms with Crippen LogP contribution in [0.1, 0.15) is 70.0 Å². The first-order chi connectivity index (χ1) is 32.2. The predicted octanol–water partition coefficient (Wildman–Crippen LogP) is 5.03. The standard InChI is InChI=1S/C50H63N5O13/c1-26-14-13-15-27(2)49(64)52-40-34(24-51-53-36(57)25-54-19-21-55(22-20-54)33-16-11-10-12-17-33)44(61)37-38(45(40)62)43(60)31(6)47-39(37)48(63)50(8,68-47)66-23-18-35(65-9)28(3)46(67-32(7)56)30(5)42(59)29(4)41(26)58/h10-18,23-24,26,28-30,35,41-42,46,58-62H,19-22,25H2,1-9H3,(H,52,64)(H,53,57)/b14-13+,23-18+,27-15-,51-24-/t26-,28-,29-,30-,35+,41+,42-,46-,50+/m1/s1.